The number of aromatic amines is 1. The van der Waals surface area contributed by atoms with Gasteiger partial charge in [-0.2, -0.15) is 0 Å². The number of nitrogens with zero attached hydrogens (tertiary/aromatic N) is 7. The predicted octanol–water partition coefficient (Wildman–Crippen LogP) is 7.73. The van der Waals surface area contributed by atoms with Gasteiger partial charge in [0.15, 0.2) is 5.82 Å². The van der Waals surface area contributed by atoms with Gasteiger partial charge in [-0.15, -0.1) is 89.1 Å². The number of halogens is 5. The van der Waals surface area contributed by atoms with E-state index < -0.39 is 5.97 Å². The van der Waals surface area contributed by atoms with Gasteiger partial charge < -0.3 is 36.6 Å². The van der Waals surface area contributed by atoms with Crippen LogP contribution in [0.1, 0.15) is 69.1 Å². The molecular formula is C63H67AlCl5N11Na2O7S3. The van der Waals surface area contributed by atoms with Gasteiger partial charge in [0, 0.05) is 107 Å². The molecule has 0 aliphatic heterocycles. The number of nitrogens with one attached hydrogen (secondary N) is 2. The van der Waals surface area contributed by atoms with Crippen molar-refractivity contribution < 1.29 is 88.4 Å². The van der Waals surface area contributed by atoms with Crippen LogP contribution in [0.3, 0.4) is 0 Å². The Kier molecular flexibility index (Phi) is 44.9. The number of rotatable bonds is 15. The average molecular weight is 1440 g/mol. The van der Waals surface area contributed by atoms with Crippen molar-refractivity contribution in [2.45, 2.75) is 57.4 Å². The Morgan fingerprint density at radius 2 is 0.935 bits per heavy atom. The molecule has 0 saturated carbocycles. The van der Waals surface area contributed by atoms with Crippen molar-refractivity contribution in [1.82, 2.24) is 46.0 Å². The largest absolute Gasteiger partial charge is 1.00 e. The molecule has 0 bridgehead atoms. The first-order valence-electron chi connectivity index (χ1n) is 27.0. The van der Waals surface area contributed by atoms with Crippen LogP contribution in [-0.4, -0.2) is 91.6 Å². The summed E-state index contributed by atoms with van der Waals surface area (Å²) in [4.78, 5) is 69.5. The summed E-state index contributed by atoms with van der Waals surface area (Å²) >= 11 is 21.9. The van der Waals surface area contributed by atoms with Crippen LogP contribution in [0, 0.1) is 5.41 Å². The predicted molar refractivity (Wildman–Crippen MR) is 369 cm³/mol. The van der Waals surface area contributed by atoms with Gasteiger partial charge in [0.25, 0.3) is 19.7 Å². The number of thiazole rings is 3. The fraction of sp³-hybridized carbons (Fsp3) is 0.190. The summed E-state index contributed by atoms with van der Waals surface area (Å²) in [5.41, 5.74) is 14.0. The number of esters is 2. The van der Waals surface area contributed by atoms with Crippen LogP contribution >= 0.6 is 93.6 Å². The first-order chi connectivity index (χ1) is 41.9. The van der Waals surface area contributed by atoms with Gasteiger partial charge in [-0.25, -0.2) is 29.5 Å². The number of nitrogens with two attached hydrogens (primary N) is 1. The first kappa shape index (κ1) is 86.7. The molecule has 92 heavy (non-hydrogen) atoms. The first-order valence-corrected chi connectivity index (χ1v) is 34.0. The van der Waals surface area contributed by atoms with Crippen LogP contribution in [0.25, 0.3) is 42.4 Å². The van der Waals surface area contributed by atoms with E-state index in [0.717, 1.165) is 70.7 Å². The van der Waals surface area contributed by atoms with Crippen molar-refractivity contribution in [3.63, 3.8) is 0 Å². The topological polar surface area (TPSA) is 307 Å². The number of aromatic nitrogens is 8. The third-order valence-corrected chi connectivity index (χ3v) is 15.0. The number of ether oxygens (including phenoxy) is 2. The minimum atomic E-state index is -0.581. The Morgan fingerprint density at radius 3 is 1.29 bits per heavy atom. The molecule has 0 fully saturated rings. The molecule has 18 nitrogen and oxygen atoms in total. The van der Waals surface area contributed by atoms with E-state index in [0.29, 0.717) is 75.1 Å². The standard InChI is InChI=1S/C19H13ClN4OS.C18H15ClN2O2S.C16H13ClN4S.C5H8O3.C2H5O.3CH3.Al.2ClH.H3N.2Na/c20-14-3-1-12(2-4-14)11-15-17(18-22-10-7-16(25)24-18)26-19(23-15)13-5-8-21-9-6-13;1-2-23-18(22)16-15(11-12-3-5-14(19)6-4-12)21-17(24-16)13-7-9-20-10-8-13;17-12-3-1-10(2-4-12)9-13-14(15(18)19)22-16(21-13)11-5-7-20-8-6-11;1-2-8-5(7)3-4-6;1-2-3;;;;;;;;;/h1-10H,11H2,(H,22,24,25);3-10H,2,11H2,1H3;1-8H,9H2,(H3,18,19);3-4,6H,2H2,1H3;2H2,1H3;3*1H3;;2*1H;1H3;;/q;;;;-1;;;;;;;;2*+1/p-1/b;;;4-3+;;;;;;;;;;. The van der Waals surface area contributed by atoms with Crippen LogP contribution in [0.15, 0.2) is 176 Å². The van der Waals surface area contributed by atoms with Crippen LogP contribution in [0.5, 0.6) is 0 Å². The molecule has 0 radical (unpaired) electrons. The van der Waals surface area contributed by atoms with Gasteiger partial charge in [0.2, 0.25) is 0 Å². The van der Waals surface area contributed by atoms with Crippen molar-refractivity contribution in [2.75, 3.05) is 19.8 Å². The quantitative estimate of drug-likeness (QED) is 0.0190. The normalized spacial score (nSPS) is 9.67. The van der Waals surface area contributed by atoms with E-state index in [-0.39, 0.29) is 128 Å². The fourth-order valence-corrected chi connectivity index (χ4v) is 10.5. The zero-order chi connectivity index (χ0) is 63.1. The molecule has 3 aromatic carbocycles. The van der Waals surface area contributed by atoms with Gasteiger partial charge >= 0.3 is 71.1 Å². The number of carbonyl (C=O) groups is 2. The van der Waals surface area contributed by atoms with Gasteiger partial charge in [-0.05, 0) is 103 Å². The molecule has 0 atom stereocenters. The number of carbonyl (C=O) groups excluding carboxylic acids is 2. The number of amidine groups is 1. The van der Waals surface area contributed by atoms with E-state index in [1.807, 2.05) is 109 Å². The van der Waals surface area contributed by atoms with E-state index in [2.05, 4.69) is 57.0 Å². The molecule has 0 aliphatic carbocycles. The van der Waals surface area contributed by atoms with Crippen molar-refractivity contribution in [1.29, 1.82) is 5.41 Å². The third-order valence-electron chi connectivity index (χ3n) is 10.8. The Labute approximate surface area is 623 Å². The molecule has 7 N–H and O–H groups in total. The van der Waals surface area contributed by atoms with Gasteiger partial charge in [-0.1, -0.05) is 78.1 Å². The van der Waals surface area contributed by atoms with E-state index in [9.17, 15) is 19.5 Å². The van der Waals surface area contributed by atoms with E-state index >= 15 is 0 Å². The maximum absolute atomic E-state index is 12.3. The number of benzene rings is 3. The summed E-state index contributed by atoms with van der Waals surface area (Å²) in [5, 5.41) is 30.8. The van der Waals surface area contributed by atoms with Crippen molar-refractivity contribution in [2.24, 2.45) is 5.73 Å². The van der Waals surface area contributed by atoms with Gasteiger partial charge in [0.05, 0.1) is 40.0 Å². The minimum absolute atomic E-state index is 0. The van der Waals surface area contributed by atoms with Gasteiger partial charge in [-0.3, -0.25) is 25.2 Å². The Morgan fingerprint density at radius 1 is 0.587 bits per heavy atom. The summed E-state index contributed by atoms with van der Waals surface area (Å²) in [6.07, 6.45) is 14.9. The van der Waals surface area contributed by atoms with Crippen LogP contribution < -0.4 is 86.8 Å². The monoisotopic (exact) mass is 1430 g/mol. The molecule has 10 aromatic rings. The summed E-state index contributed by atoms with van der Waals surface area (Å²) in [6, 6.07) is 35.6. The molecule has 0 aliphatic rings. The molecule has 0 amide bonds. The van der Waals surface area contributed by atoms with Crippen LogP contribution in [-0.2, 0) is 33.5 Å². The number of H-pyrrole nitrogens is 1. The molecule has 0 saturated heterocycles. The maximum Gasteiger partial charge on any atom is 1.00 e. The number of hydrogen-bond acceptors (Lipinski definition) is 19. The zero-order valence-electron chi connectivity index (χ0n) is 51.9. The van der Waals surface area contributed by atoms with Crippen molar-refractivity contribution in [3.8, 4) is 42.4 Å². The number of hydrogen-bond donors (Lipinski definition) is 4. The van der Waals surface area contributed by atoms with Crippen molar-refractivity contribution >= 4 is 126 Å². The Balaban J connectivity index is 0.00000119. The molecule has 0 spiro atoms. The molecule has 474 valence electrons. The third kappa shape index (κ3) is 30.4. The molecule has 7 heterocycles. The average Bonchev–Trinajstić information content (AvgIpc) is 1.79. The summed E-state index contributed by atoms with van der Waals surface area (Å²) in [6.45, 7) is 5.68. The molecule has 29 heteroatoms. The van der Waals surface area contributed by atoms with E-state index in [1.165, 1.54) is 46.3 Å². The Hall–Kier alpha value is -5.27. The summed E-state index contributed by atoms with van der Waals surface area (Å²) in [5.74, 6) is 6.57. The minimum Gasteiger partial charge on any atom is -0.878 e. The second kappa shape index (κ2) is 47.6. The number of pyridine rings is 3. The van der Waals surface area contributed by atoms with Crippen LogP contribution in [0.2, 0.25) is 32.4 Å². The molecular weight excluding hydrogens is 1370 g/mol. The molecule has 10 rings (SSSR count). The summed E-state index contributed by atoms with van der Waals surface area (Å²) in [7, 11) is 0. The van der Waals surface area contributed by atoms with Crippen LogP contribution in [0.4, 0.5) is 0 Å². The fourth-order valence-electron chi connectivity index (χ4n) is 7.14. The number of nitrogen functional groups attached to an aromatic ring is 1. The maximum atomic E-state index is 12.3. The van der Waals surface area contributed by atoms with E-state index in [1.54, 1.807) is 58.0 Å². The van der Waals surface area contributed by atoms with Crippen molar-refractivity contribution in [3.05, 3.63) is 240 Å². The van der Waals surface area contributed by atoms with E-state index in [4.69, 9.17) is 60.8 Å². The SMILES string of the molecule is CCOC(=O)/C=C/[O-].CCOC(=O)c1sc(-c2ccncc2)nc1Cc1ccc(Cl)cc1.CC[O-].Cl.Cl.N.N=C(N)c1sc(-c2ccncc2)nc1Cc1ccc(Cl)cc1.O=c1ccnc(-c2sc(-c3ccncc3)nc2Cc2ccc(Cl)cc2)[nH]1.[CH3][Al]([CH3])[CH3].[Na+].[Na+]. The molecule has 7 aromatic heterocycles. The smallest absolute Gasteiger partial charge is 0.878 e. The Bertz CT molecular complexity index is 3810. The summed E-state index contributed by atoms with van der Waals surface area (Å²) < 4.78 is 9.53. The second-order valence-electron chi connectivity index (χ2n) is 18.5. The second-order valence-corrected chi connectivity index (χ2v) is 26.3. The van der Waals surface area contributed by atoms with Gasteiger partial charge in [0.1, 0.15) is 25.7 Å². The molecule has 0 unspecified atom stereocenters. The zero-order valence-corrected chi connectivity index (χ0v) is 63.4.